The van der Waals surface area contributed by atoms with E-state index in [1.54, 1.807) is 7.11 Å². The number of fused-ring (bicyclic) bond motifs is 1. The van der Waals surface area contributed by atoms with Gasteiger partial charge in [-0.3, -0.25) is 0 Å². The standard InChI is InChI=1S/C26H28N4O/c1-18-12-19(2)17-29(16-18)26-15-23(20-8-5-4-6-9-20)27-25-14-24(28-30(25)26)21-10-7-11-22(13-21)31-3/h4-11,13-15,18-19H,12,16-17H2,1-3H3. The van der Waals surface area contributed by atoms with Crippen molar-refractivity contribution >= 4 is 11.5 Å². The molecule has 0 spiro atoms. The van der Waals surface area contributed by atoms with Gasteiger partial charge in [0.15, 0.2) is 5.65 Å². The molecule has 1 fully saturated rings. The van der Waals surface area contributed by atoms with Gasteiger partial charge in [-0.25, -0.2) is 4.98 Å². The van der Waals surface area contributed by atoms with Gasteiger partial charge < -0.3 is 9.64 Å². The Morgan fingerprint density at radius 1 is 0.839 bits per heavy atom. The molecule has 158 valence electrons. The Labute approximate surface area is 183 Å². The van der Waals surface area contributed by atoms with E-state index < -0.39 is 0 Å². The summed E-state index contributed by atoms with van der Waals surface area (Å²) in [6.45, 7) is 6.74. The van der Waals surface area contributed by atoms with Crippen molar-refractivity contribution in [2.45, 2.75) is 20.3 Å². The smallest absolute Gasteiger partial charge is 0.158 e. The topological polar surface area (TPSA) is 42.7 Å². The minimum Gasteiger partial charge on any atom is -0.497 e. The zero-order chi connectivity index (χ0) is 21.4. The van der Waals surface area contributed by atoms with Crippen molar-refractivity contribution in [3.8, 4) is 28.3 Å². The fourth-order valence-corrected chi connectivity index (χ4v) is 4.71. The molecule has 0 radical (unpaired) electrons. The van der Waals surface area contributed by atoms with Gasteiger partial charge in [-0.05, 0) is 30.4 Å². The highest BCUT2D eigenvalue weighted by Gasteiger charge is 2.25. The van der Waals surface area contributed by atoms with Crippen molar-refractivity contribution in [3.05, 3.63) is 66.7 Å². The number of ether oxygens (including phenoxy) is 1. The zero-order valence-corrected chi connectivity index (χ0v) is 18.3. The average molecular weight is 413 g/mol. The molecule has 5 rings (SSSR count). The SMILES string of the molecule is COc1cccc(-c2cc3nc(-c4ccccc4)cc(N4CC(C)CC(C)C4)n3n2)c1. The van der Waals surface area contributed by atoms with E-state index >= 15 is 0 Å². The van der Waals surface area contributed by atoms with Gasteiger partial charge in [0.1, 0.15) is 11.6 Å². The monoisotopic (exact) mass is 412 g/mol. The van der Waals surface area contributed by atoms with Crippen molar-refractivity contribution in [2.75, 3.05) is 25.1 Å². The van der Waals surface area contributed by atoms with Crippen molar-refractivity contribution in [1.29, 1.82) is 0 Å². The first kappa shape index (κ1) is 19.6. The summed E-state index contributed by atoms with van der Waals surface area (Å²) in [6.07, 6.45) is 1.27. The van der Waals surface area contributed by atoms with Gasteiger partial charge in [0.2, 0.25) is 0 Å². The number of methoxy groups -OCH3 is 1. The summed E-state index contributed by atoms with van der Waals surface area (Å²) >= 11 is 0. The van der Waals surface area contributed by atoms with Crippen molar-refractivity contribution < 1.29 is 4.74 Å². The highest BCUT2D eigenvalue weighted by atomic mass is 16.5. The van der Waals surface area contributed by atoms with Crippen LogP contribution in [0, 0.1) is 11.8 Å². The van der Waals surface area contributed by atoms with Gasteiger partial charge in [-0.15, -0.1) is 0 Å². The van der Waals surface area contributed by atoms with E-state index in [1.165, 1.54) is 6.42 Å². The summed E-state index contributed by atoms with van der Waals surface area (Å²) in [7, 11) is 1.69. The van der Waals surface area contributed by atoms with Crippen molar-refractivity contribution in [2.24, 2.45) is 11.8 Å². The molecule has 3 heterocycles. The summed E-state index contributed by atoms with van der Waals surface area (Å²) in [5.74, 6) is 3.24. The van der Waals surface area contributed by atoms with Crippen LogP contribution in [0.3, 0.4) is 0 Å². The van der Waals surface area contributed by atoms with E-state index in [0.717, 1.165) is 52.8 Å². The molecule has 0 N–H and O–H groups in total. The van der Waals surface area contributed by atoms with Gasteiger partial charge in [-0.2, -0.15) is 9.61 Å². The number of anilines is 1. The van der Waals surface area contributed by atoms with Gasteiger partial charge >= 0.3 is 0 Å². The highest BCUT2D eigenvalue weighted by Crippen LogP contribution is 2.32. The summed E-state index contributed by atoms with van der Waals surface area (Å²) in [4.78, 5) is 7.44. The molecule has 1 aliphatic heterocycles. The predicted octanol–water partition coefficient (Wildman–Crippen LogP) is 5.55. The lowest BCUT2D eigenvalue weighted by Crippen LogP contribution is -2.39. The Balaban J connectivity index is 1.67. The first-order valence-corrected chi connectivity index (χ1v) is 11.0. The van der Waals surface area contributed by atoms with Crippen LogP contribution in [0.25, 0.3) is 28.2 Å². The Morgan fingerprint density at radius 2 is 1.58 bits per heavy atom. The van der Waals surface area contributed by atoms with Gasteiger partial charge in [0.25, 0.3) is 0 Å². The molecule has 2 unspecified atom stereocenters. The molecule has 5 heteroatoms. The third-order valence-electron chi connectivity index (χ3n) is 6.04. The van der Waals surface area contributed by atoms with Crippen LogP contribution >= 0.6 is 0 Å². The molecule has 2 atom stereocenters. The second-order valence-corrected chi connectivity index (χ2v) is 8.75. The number of hydrogen-bond acceptors (Lipinski definition) is 4. The lowest BCUT2D eigenvalue weighted by molar-refractivity contribution is 0.354. The zero-order valence-electron chi connectivity index (χ0n) is 18.3. The molecule has 0 aliphatic carbocycles. The third kappa shape index (κ3) is 3.88. The molecule has 0 amide bonds. The summed E-state index contributed by atoms with van der Waals surface area (Å²) in [6, 6.07) is 22.7. The minimum absolute atomic E-state index is 0.653. The average Bonchev–Trinajstić information content (AvgIpc) is 3.23. The molecule has 0 saturated carbocycles. The fraction of sp³-hybridized carbons (Fsp3) is 0.308. The van der Waals surface area contributed by atoms with Crippen LogP contribution in [0.5, 0.6) is 5.75 Å². The molecule has 4 aromatic rings. The van der Waals surface area contributed by atoms with E-state index in [2.05, 4.69) is 61.2 Å². The van der Waals surface area contributed by atoms with Crippen LogP contribution in [-0.2, 0) is 0 Å². The summed E-state index contributed by atoms with van der Waals surface area (Å²) in [5, 5.41) is 4.98. The van der Waals surface area contributed by atoms with Crippen LogP contribution in [0.2, 0.25) is 0 Å². The van der Waals surface area contributed by atoms with Gasteiger partial charge in [0.05, 0.1) is 18.5 Å². The first-order chi connectivity index (χ1) is 15.1. The number of piperidine rings is 1. The Bertz CT molecular complexity index is 1190. The van der Waals surface area contributed by atoms with Crippen LogP contribution in [0.4, 0.5) is 5.82 Å². The molecule has 1 aliphatic rings. The molecular formula is C26H28N4O. The highest BCUT2D eigenvalue weighted by molar-refractivity contribution is 5.71. The van der Waals surface area contributed by atoms with Crippen LogP contribution in [-0.4, -0.2) is 34.8 Å². The Hall–Kier alpha value is -3.34. The molecule has 0 bridgehead atoms. The number of hydrogen-bond donors (Lipinski definition) is 0. The number of nitrogens with zero attached hydrogens (tertiary/aromatic N) is 4. The molecule has 5 nitrogen and oxygen atoms in total. The molecule has 31 heavy (non-hydrogen) atoms. The van der Waals surface area contributed by atoms with Crippen LogP contribution < -0.4 is 9.64 Å². The maximum absolute atomic E-state index is 5.41. The number of aromatic nitrogens is 3. The van der Waals surface area contributed by atoms with E-state index in [0.29, 0.717) is 11.8 Å². The third-order valence-corrected chi connectivity index (χ3v) is 6.04. The molecular weight excluding hydrogens is 384 g/mol. The molecule has 2 aromatic heterocycles. The molecule has 2 aromatic carbocycles. The first-order valence-electron chi connectivity index (χ1n) is 11.0. The quantitative estimate of drug-likeness (QED) is 0.440. The Kier molecular flexibility index (Phi) is 5.10. The van der Waals surface area contributed by atoms with Crippen LogP contribution in [0.15, 0.2) is 66.7 Å². The number of rotatable bonds is 4. The maximum Gasteiger partial charge on any atom is 0.158 e. The van der Waals surface area contributed by atoms with Gasteiger partial charge in [0, 0.05) is 36.3 Å². The number of benzene rings is 2. The maximum atomic E-state index is 5.41. The van der Waals surface area contributed by atoms with Crippen molar-refractivity contribution in [3.63, 3.8) is 0 Å². The second-order valence-electron chi connectivity index (χ2n) is 8.75. The Morgan fingerprint density at radius 3 is 2.32 bits per heavy atom. The summed E-state index contributed by atoms with van der Waals surface area (Å²) in [5.41, 5.74) is 4.88. The normalized spacial score (nSPS) is 19.0. The fourth-order valence-electron chi connectivity index (χ4n) is 4.71. The lowest BCUT2D eigenvalue weighted by atomic mass is 9.92. The van der Waals surface area contributed by atoms with Crippen molar-refractivity contribution in [1.82, 2.24) is 14.6 Å². The molecule has 1 saturated heterocycles. The van der Waals surface area contributed by atoms with E-state index in [9.17, 15) is 0 Å². The van der Waals surface area contributed by atoms with E-state index in [-0.39, 0.29) is 0 Å². The largest absolute Gasteiger partial charge is 0.497 e. The lowest BCUT2D eigenvalue weighted by Gasteiger charge is -2.36. The second kappa shape index (κ2) is 8.06. The predicted molar refractivity (Wildman–Crippen MR) is 126 cm³/mol. The summed E-state index contributed by atoms with van der Waals surface area (Å²) < 4.78 is 7.42. The minimum atomic E-state index is 0.653. The van der Waals surface area contributed by atoms with Crippen LogP contribution in [0.1, 0.15) is 20.3 Å². The van der Waals surface area contributed by atoms with E-state index in [1.807, 2.05) is 28.8 Å². The van der Waals surface area contributed by atoms with E-state index in [4.69, 9.17) is 14.8 Å². The van der Waals surface area contributed by atoms with Gasteiger partial charge in [-0.1, -0.05) is 56.3 Å².